The molecule has 0 aromatic carbocycles. The van der Waals surface area contributed by atoms with Crippen molar-refractivity contribution in [1.29, 1.82) is 0 Å². The predicted octanol–water partition coefficient (Wildman–Crippen LogP) is -0.318. The number of aliphatic hydroxyl groups excluding tert-OH is 1. The molecule has 0 unspecified atom stereocenters. The summed E-state index contributed by atoms with van der Waals surface area (Å²) >= 11 is 0. The molecule has 4 heteroatoms. The third-order valence-electron chi connectivity index (χ3n) is 1.78. The summed E-state index contributed by atoms with van der Waals surface area (Å²) in [7, 11) is 0. The minimum absolute atomic E-state index is 0.0734. The molecule has 0 bridgehead atoms. The van der Waals surface area contributed by atoms with Crippen LogP contribution in [0.2, 0.25) is 0 Å². The highest BCUT2D eigenvalue weighted by Crippen LogP contribution is 2.12. The van der Waals surface area contributed by atoms with Gasteiger partial charge in [0.25, 0.3) is 5.91 Å². The van der Waals surface area contributed by atoms with Crippen molar-refractivity contribution < 1.29 is 14.7 Å². The fourth-order valence-electron chi connectivity index (χ4n) is 1.12. The monoisotopic (exact) mass is 169 g/mol. The van der Waals surface area contributed by atoms with Crippen molar-refractivity contribution in [2.24, 2.45) is 0 Å². The molecule has 1 aliphatic rings. The van der Waals surface area contributed by atoms with Gasteiger partial charge in [-0.15, -0.1) is 6.58 Å². The largest absolute Gasteiger partial charge is 0.383 e. The average Bonchev–Trinajstić information content (AvgIpc) is 2.25. The maximum absolute atomic E-state index is 11.0. The fraction of sp³-hybridized carbons (Fsp3) is 0.500. The van der Waals surface area contributed by atoms with Crippen LogP contribution in [0.4, 0.5) is 0 Å². The molecule has 66 valence electrons. The third-order valence-corrected chi connectivity index (χ3v) is 1.78. The van der Waals surface area contributed by atoms with Gasteiger partial charge in [-0.3, -0.25) is 14.5 Å². The number of likely N-dealkylation sites (tertiary alicyclic amines) is 1. The number of carbonyl (C=O) groups is 2. The Morgan fingerprint density at radius 1 is 1.67 bits per heavy atom. The van der Waals surface area contributed by atoms with E-state index in [2.05, 4.69) is 6.58 Å². The van der Waals surface area contributed by atoms with Crippen molar-refractivity contribution in [3.63, 3.8) is 0 Å². The molecular weight excluding hydrogens is 158 g/mol. The Labute approximate surface area is 70.5 Å². The highest BCUT2D eigenvalue weighted by molar-refractivity contribution is 6.04. The van der Waals surface area contributed by atoms with Crippen LogP contribution in [0.5, 0.6) is 0 Å². The number of carbonyl (C=O) groups excluding carboxylic acids is 2. The van der Waals surface area contributed by atoms with Crippen molar-refractivity contribution >= 4 is 11.8 Å². The first-order chi connectivity index (χ1) is 5.66. The summed E-state index contributed by atoms with van der Waals surface area (Å²) in [6.45, 7) is 3.81. The van der Waals surface area contributed by atoms with Gasteiger partial charge in [0.2, 0.25) is 5.91 Å². The van der Waals surface area contributed by atoms with E-state index in [-0.39, 0.29) is 12.3 Å². The second kappa shape index (κ2) is 3.49. The lowest BCUT2D eigenvalue weighted by Crippen LogP contribution is -2.32. The molecule has 0 saturated carbocycles. The standard InChI is InChI=1S/C8H11NO3/c1-2-3-4-9-7(11)5-6(10)8(9)12/h2,6,10H,1,3-5H2/t6-/m0/s1. The van der Waals surface area contributed by atoms with E-state index in [0.29, 0.717) is 13.0 Å². The summed E-state index contributed by atoms with van der Waals surface area (Å²) in [6.07, 6.45) is 1.01. The maximum atomic E-state index is 11.0. The fourth-order valence-corrected chi connectivity index (χ4v) is 1.12. The van der Waals surface area contributed by atoms with E-state index in [1.54, 1.807) is 6.08 Å². The number of rotatable bonds is 3. The smallest absolute Gasteiger partial charge is 0.258 e. The van der Waals surface area contributed by atoms with Gasteiger partial charge in [0.05, 0.1) is 6.42 Å². The zero-order chi connectivity index (χ0) is 9.14. The quantitative estimate of drug-likeness (QED) is 0.465. The Hall–Kier alpha value is -1.16. The molecule has 1 atom stereocenters. The van der Waals surface area contributed by atoms with Gasteiger partial charge >= 0.3 is 0 Å². The van der Waals surface area contributed by atoms with Crippen LogP contribution >= 0.6 is 0 Å². The lowest BCUT2D eigenvalue weighted by molar-refractivity contribution is -0.140. The lowest BCUT2D eigenvalue weighted by Gasteiger charge is -2.11. The van der Waals surface area contributed by atoms with Crippen molar-refractivity contribution in [2.75, 3.05) is 6.54 Å². The molecule has 0 spiro atoms. The summed E-state index contributed by atoms with van der Waals surface area (Å²) in [5, 5.41) is 9.00. The van der Waals surface area contributed by atoms with Crippen LogP contribution in [0.15, 0.2) is 12.7 Å². The Morgan fingerprint density at radius 3 is 2.75 bits per heavy atom. The second-order valence-corrected chi connectivity index (χ2v) is 2.68. The van der Waals surface area contributed by atoms with E-state index in [9.17, 15) is 9.59 Å². The highest BCUT2D eigenvalue weighted by Gasteiger charge is 2.36. The van der Waals surface area contributed by atoms with Crippen molar-refractivity contribution in [3.05, 3.63) is 12.7 Å². The first kappa shape index (κ1) is 8.93. The van der Waals surface area contributed by atoms with E-state index >= 15 is 0 Å². The third kappa shape index (κ3) is 1.53. The van der Waals surface area contributed by atoms with Gasteiger partial charge in [0.15, 0.2) is 0 Å². The van der Waals surface area contributed by atoms with Crippen molar-refractivity contribution in [3.8, 4) is 0 Å². The first-order valence-corrected chi connectivity index (χ1v) is 3.80. The van der Waals surface area contributed by atoms with Gasteiger partial charge in [-0.05, 0) is 6.42 Å². The molecule has 12 heavy (non-hydrogen) atoms. The molecule has 0 aromatic rings. The molecule has 2 amide bonds. The molecule has 1 heterocycles. The molecule has 0 radical (unpaired) electrons. The minimum atomic E-state index is -1.12. The molecule has 0 aliphatic carbocycles. The van der Waals surface area contributed by atoms with E-state index in [4.69, 9.17) is 5.11 Å². The molecule has 1 fully saturated rings. The lowest BCUT2D eigenvalue weighted by atomic mass is 10.3. The molecule has 1 aliphatic heterocycles. The van der Waals surface area contributed by atoms with Crippen molar-refractivity contribution in [2.45, 2.75) is 18.9 Å². The average molecular weight is 169 g/mol. The summed E-state index contributed by atoms with van der Waals surface area (Å²) in [6, 6.07) is 0. The maximum Gasteiger partial charge on any atom is 0.258 e. The number of aliphatic hydroxyl groups is 1. The van der Waals surface area contributed by atoms with Gasteiger partial charge in [0.1, 0.15) is 6.10 Å². The van der Waals surface area contributed by atoms with E-state index in [1.165, 1.54) is 0 Å². The summed E-state index contributed by atoms with van der Waals surface area (Å²) in [5.74, 6) is -0.781. The summed E-state index contributed by atoms with van der Waals surface area (Å²) in [4.78, 5) is 23.1. The molecule has 0 aromatic heterocycles. The van der Waals surface area contributed by atoms with Gasteiger partial charge in [-0.1, -0.05) is 6.08 Å². The van der Waals surface area contributed by atoms with Crippen molar-refractivity contribution in [1.82, 2.24) is 4.90 Å². The van der Waals surface area contributed by atoms with E-state index in [1.807, 2.05) is 0 Å². The van der Waals surface area contributed by atoms with Crippen LogP contribution in [0, 0.1) is 0 Å². The van der Waals surface area contributed by atoms with Gasteiger partial charge < -0.3 is 5.11 Å². The number of nitrogens with zero attached hydrogens (tertiary/aromatic N) is 1. The Balaban J connectivity index is 2.57. The van der Waals surface area contributed by atoms with Crippen LogP contribution in [0.1, 0.15) is 12.8 Å². The number of hydrogen-bond donors (Lipinski definition) is 1. The number of amides is 2. The SMILES string of the molecule is C=CCCN1C(=O)C[C@H](O)C1=O. The molecule has 1 saturated heterocycles. The second-order valence-electron chi connectivity index (χ2n) is 2.68. The van der Waals surface area contributed by atoms with Crippen LogP contribution in [-0.4, -0.2) is 34.5 Å². The van der Waals surface area contributed by atoms with Gasteiger partial charge in [0, 0.05) is 6.54 Å². The summed E-state index contributed by atoms with van der Waals surface area (Å²) < 4.78 is 0. The van der Waals surface area contributed by atoms with E-state index in [0.717, 1.165) is 4.90 Å². The first-order valence-electron chi connectivity index (χ1n) is 3.80. The normalized spacial score (nSPS) is 23.4. The molecular formula is C8H11NO3. The van der Waals surface area contributed by atoms with Gasteiger partial charge in [-0.2, -0.15) is 0 Å². The number of imide groups is 1. The molecule has 4 nitrogen and oxygen atoms in total. The van der Waals surface area contributed by atoms with Crippen LogP contribution in [0.25, 0.3) is 0 Å². The topological polar surface area (TPSA) is 57.6 Å². The van der Waals surface area contributed by atoms with Crippen LogP contribution in [0.3, 0.4) is 0 Å². The zero-order valence-electron chi connectivity index (χ0n) is 6.69. The van der Waals surface area contributed by atoms with Crippen LogP contribution in [-0.2, 0) is 9.59 Å². The predicted molar refractivity (Wildman–Crippen MR) is 42.2 cm³/mol. The van der Waals surface area contributed by atoms with Gasteiger partial charge in [-0.25, -0.2) is 0 Å². The summed E-state index contributed by atoms with van der Waals surface area (Å²) in [5.41, 5.74) is 0. The minimum Gasteiger partial charge on any atom is -0.383 e. The molecule has 1 rings (SSSR count). The van der Waals surface area contributed by atoms with E-state index < -0.39 is 12.0 Å². The Kier molecular flexibility index (Phi) is 2.60. The van der Waals surface area contributed by atoms with Crippen LogP contribution < -0.4 is 0 Å². The number of hydrogen-bond acceptors (Lipinski definition) is 3. The Bertz CT molecular complexity index is 224. The highest BCUT2D eigenvalue weighted by atomic mass is 16.3. The molecule has 1 N–H and O–H groups in total. The zero-order valence-corrected chi connectivity index (χ0v) is 6.69. The Morgan fingerprint density at radius 2 is 2.33 bits per heavy atom.